The van der Waals surface area contributed by atoms with E-state index in [1.165, 1.54) is 0 Å². The third-order valence-corrected chi connectivity index (χ3v) is 3.32. The molecule has 1 aliphatic rings. The monoisotopic (exact) mass is 292 g/mol. The number of benzene rings is 1. The molecule has 0 aliphatic carbocycles. The second kappa shape index (κ2) is 6.45. The molecule has 0 aromatic heterocycles. The van der Waals surface area contributed by atoms with Crippen LogP contribution < -0.4 is 5.32 Å². The van der Waals surface area contributed by atoms with E-state index in [0.717, 1.165) is 5.56 Å². The number of carbonyl (C=O) groups is 1. The largest absolute Gasteiger partial charge is 0.444 e. The van der Waals surface area contributed by atoms with Gasteiger partial charge < -0.3 is 20.1 Å². The summed E-state index contributed by atoms with van der Waals surface area (Å²) in [6.07, 6.45) is -0.800. The summed E-state index contributed by atoms with van der Waals surface area (Å²) < 4.78 is 5.29. The summed E-state index contributed by atoms with van der Waals surface area (Å²) >= 11 is 0. The number of aliphatic hydroxyl groups excluding tert-OH is 1. The quantitative estimate of drug-likeness (QED) is 0.890. The molecule has 1 aromatic rings. The van der Waals surface area contributed by atoms with Crippen LogP contribution in [0.25, 0.3) is 0 Å². The highest BCUT2D eigenvalue weighted by Gasteiger charge is 2.33. The normalized spacial score (nSPS) is 17.2. The predicted molar refractivity (Wildman–Crippen MR) is 81.0 cm³/mol. The Morgan fingerprint density at radius 3 is 2.57 bits per heavy atom. The first-order valence-electron chi connectivity index (χ1n) is 7.29. The SMILES string of the molecule is CC(C)(C)OC(=O)N1CC(NCC(O)c2ccccc2)C1. The van der Waals surface area contributed by atoms with Crippen LogP contribution in [0.4, 0.5) is 4.79 Å². The molecule has 1 heterocycles. The molecule has 5 nitrogen and oxygen atoms in total. The smallest absolute Gasteiger partial charge is 0.410 e. The molecule has 1 aliphatic heterocycles. The van der Waals surface area contributed by atoms with E-state index in [9.17, 15) is 9.90 Å². The molecular formula is C16H24N2O3. The first-order valence-corrected chi connectivity index (χ1v) is 7.29. The molecule has 0 radical (unpaired) electrons. The Bertz CT molecular complexity index is 464. The lowest BCUT2D eigenvalue weighted by Crippen LogP contribution is -2.61. The first-order chi connectivity index (χ1) is 9.85. The maximum atomic E-state index is 11.8. The van der Waals surface area contributed by atoms with Crippen molar-refractivity contribution in [3.05, 3.63) is 35.9 Å². The first kappa shape index (κ1) is 15.8. The van der Waals surface area contributed by atoms with Crippen molar-refractivity contribution in [2.24, 2.45) is 0 Å². The highest BCUT2D eigenvalue weighted by molar-refractivity contribution is 5.69. The van der Waals surface area contributed by atoms with Gasteiger partial charge in [-0.15, -0.1) is 0 Å². The zero-order valence-electron chi connectivity index (χ0n) is 12.9. The van der Waals surface area contributed by atoms with Gasteiger partial charge in [0.1, 0.15) is 5.60 Å². The van der Waals surface area contributed by atoms with Gasteiger partial charge in [-0.05, 0) is 26.3 Å². The number of rotatable bonds is 4. The molecule has 1 aromatic carbocycles. The van der Waals surface area contributed by atoms with Crippen LogP contribution in [0.5, 0.6) is 0 Å². The van der Waals surface area contributed by atoms with Gasteiger partial charge in [-0.25, -0.2) is 4.79 Å². The van der Waals surface area contributed by atoms with Gasteiger partial charge in [0.05, 0.1) is 6.10 Å². The number of carbonyl (C=O) groups excluding carboxylic acids is 1. The van der Waals surface area contributed by atoms with E-state index in [2.05, 4.69) is 5.32 Å². The van der Waals surface area contributed by atoms with Crippen molar-refractivity contribution in [2.45, 2.75) is 38.5 Å². The Balaban J connectivity index is 1.68. The van der Waals surface area contributed by atoms with Crippen LogP contribution in [-0.4, -0.2) is 47.4 Å². The molecule has 0 bridgehead atoms. The topological polar surface area (TPSA) is 61.8 Å². The van der Waals surface area contributed by atoms with Crippen molar-refractivity contribution >= 4 is 6.09 Å². The Kier molecular flexibility index (Phi) is 4.85. The van der Waals surface area contributed by atoms with Gasteiger partial charge in [0.2, 0.25) is 0 Å². The maximum Gasteiger partial charge on any atom is 0.410 e. The van der Waals surface area contributed by atoms with E-state index in [1.807, 2.05) is 51.1 Å². The number of hydrogen-bond acceptors (Lipinski definition) is 4. The number of amides is 1. The summed E-state index contributed by atoms with van der Waals surface area (Å²) in [7, 11) is 0. The standard InChI is InChI=1S/C16H24N2O3/c1-16(2,3)21-15(20)18-10-13(11-18)17-9-14(19)12-7-5-4-6-8-12/h4-8,13-14,17,19H,9-11H2,1-3H3. The number of nitrogens with zero attached hydrogens (tertiary/aromatic N) is 1. The lowest BCUT2D eigenvalue weighted by molar-refractivity contribution is 0.00420. The van der Waals surface area contributed by atoms with Gasteiger partial charge in [-0.3, -0.25) is 0 Å². The fourth-order valence-electron chi connectivity index (χ4n) is 2.15. The number of nitrogens with one attached hydrogen (secondary N) is 1. The molecule has 21 heavy (non-hydrogen) atoms. The van der Waals surface area contributed by atoms with Crippen molar-refractivity contribution in [3.63, 3.8) is 0 Å². The van der Waals surface area contributed by atoms with Crippen molar-refractivity contribution in [2.75, 3.05) is 19.6 Å². The van der Waals surface area contributed by atoms with E-state index in [4.69, 9.17) is 4.74 Å². The van der Waals surface area contributed by atoms with Crippen LogP contribution >= 0.6 is 0 Å². The lowest BCUT2D eigenvalue weighted by atomic mass is 10.1. The van der Waals surface area contributed by atoms with E-state index >= 15 is 0 Å². The van der Waals surface area contributed by atoms with Gasteiger partial charge >= 0.3 is 6.09 Å². The summed E-state index contributed by atoms with van der Waals surface area (Å²) in [4.78, 5) is 13.4. The highest BCUT2D eigenvalue weighted by atomic mass is 16.6. The van der Waals surface area contributed by atoms with Gasteiger partial charge in [-0.2, -0.15) is 0 Å². The van der Waals surface area contributed by atoms with Crippen LogP contribution in [0.3, 0.4) is 0 Å². The fraction of sp³-hybridized carbons (Fsp3) is 0.562. The van der Waals surface area contributed by atoms with Crippen LogP contribution in [0, 0.1) is 0 Å². The Morgan fingerprint density at radius 2 is 2.00 bits per heavy atom. The molecule has 2 rings (SSSR count). The number of likely N-dealkylation sites (tertiary alicyclic amines) is 1. The lowest BCUT2D eigenvalue weighted by Gasteiger charge is -2.40. The van der Waals surface area contributed by atoms with Crippen LogP contribution in [-0.2, 0) is 4.74 Å². The molecule has 1 atom stereocenters. The molecule has 1 fully saturated rings. The zero-order valence-corrected chi connectivity index (χ0v) is 12.9. The van der Waals surface area contributed by atoms with E-state index in [0.29, 0.717) is 19.6 Å². The molecule has 1 amide bonds. The second-order valence-electron chi connectivity index (χ2n) is 6.42. The van der Waals surface area contributed by atoms with Crippen LogP contribution in [0.1, 0.15) is 32.4 Å². The van der Waals surface area contributed by atoms with E-state index < -0.39 is 11.7 Å². The summed E-state index contributed by atoms with van der Waals surface area (Å²) in [6.45, 7) is 7.30. The highest BCUT2D eigenvalue weighted by Crippen LogP contribution is 2.16. The molecule has 1 unspecified atom stereocenters. The molecule has 2 N–H and O–H groups in total. The maximum absolute atomic E-state index is 11.8. The Labute approximate surface area is 125 Å². The molecular weight excluding hydrogens is 268 g/mol. The zero-order chi connectivity index (χ0) is 15.5. The third-order valence-electron chi connectivity index (χ3n) is 3.32. The van der Waals surface area contributed by atoms with Crippen molar-refractivity contribution in [3.8, 4) is 0 Å². The fourth-order valence-corrected chi connectivity index (χ4v) is 2.15. The number of hydrogen-bond donors (Lipinski definition) is 2. The summed E-state index contributed by atoms with van der Waals surface area (Å²) in [6, 6.07) is 9.77. The van der Waals surface area contributed by atoms with Gasteiger partial charge in [0.15, 0.2) is 0 Å². The Hall–Kier alpha value is -1.59. The Morgan fingerprint density at radius 1 is 1.38 bits per heavy atom. The molecule has 1 saturated heterocycles. The average molecular weight is 292 g/mol. The average Bonchev–Trinajstić information content (AvgIpc) is 2.35. The molecule has 0 saturated carbocycles. The summed E-state index contributed by atoms with van der Waals surface area (Å²) in [5, 5.41) is 13.3. The summed E-state index contributed by atoms with van der Waals surface area (Å²) in [5.41, 5.74) is 0.437. The van der Waals surface area contributed by atoms with Gasteiger partial charge in [-0.1, -0.05) is 30.3 Å². The van der Waals surface area contributed by atoms with Crippen molar-refractivity contribution in [1.82, 2.24) is 10.2 Å². The van der Waals surface area contributed by atoms with Gasteiger partial charge in [0.25, 0.3) is 0 Å². The molecule has 116 valence electrons. The third kappa shape index (κ3) is 4.72. The van der Waals surface area contributed by atoms with E-state index in [-0.39, 0.29) is 12.1 Å². The minimum atomic E-state index is -0.526. The van der Waals surface area contributed by atoms with Gasteiger partial charge in [0, 0.05) is 25.7 Å². The second-order valence-corrected chi connectivity index (χ2v) is 6.42. The van der Waals surface area contributed by atoms with Crippen molar-refractivity contribution in [1.29, 1.82) is 0 Å². The number of ether oxygens (including phenoxy) is 1. The van der Waals surface area contributed by atoms with Crippen LogP contribution in [0.15, 0.2) is 30.3 Å². The van der Waals surface area contributed by atoms with Crippen molar-refractivity contribution < 1.29 is 14.6 Å². The molecule has 0 spiro atoms. The minimum Gasteiger partial charge on any atom is -0.444 e. The molecule has 5 heteroatoms. The van der Waals surface area contributed by atoms with E-state index in [1.54, 1.807) is 4.90 Å². The number of aliphatic hydroxyl groups is 1. The predicted octanol–water partition coefficient (Wildman–Crippen LogP) is 1.93. The minimum absolute atomic E-state index is 0.218. The summed E-state index contributed by atoms with van der Waals surface area (Å²) in [5.74, 6) is 0. The van der Waals surface area contributed by atoms with Crippen LogP contribution in [0.2, 0.25) is 0 Å².